The van der Waals surface area contributed by atoms with E-state index in [-0.39, 0.29) is 5.97 Å². The van der Waals surface area contributed by atoms with Gasteiger partial charge in [-0.25, -0.2) is 4.79 Å². The molecule has 0 fully saturated rings. The first-order valence-corrected chi connectivity index (χ1v) is 6.48. The molecule has 19 heavy (non-hydrogen) atoms. The average molecular weight is 254 g/mol. The van der Waals surface area contributed by atoms with Crippen LogP contribution in [0.5, 0.6) is 0 Å². The second kappa shape index (κ2) is 5.70. The molecule has 0 N–H and O–H groups in total. The van der Waals surface area contributed by atoms with Crippen LogP contribution in [0.15, 0.2) is 48.0 Å². The highest BCUT2D eigenvalue weighted by molar-refractivity contribution is 6.02. The van der Waals surface area contributed by atoms with Crippen molar-refractivity contribution in [2.75, 3.05) is 6.61 Å². The first-order valence-electron chi connectivity index (χ1n) is 6.48. The molecule has 0 aliphatic rings. The van der Waals surface area contributed by atoms with Crippen molar-refractivity contribution >= 4 is 22.3 Å². The molecule has 2 heteroatoms. The molecule has 0 spiro atoms. The summed E-state index contributed by atoms with van der Waals surface area (Å²) in [5.41, 5.74) is 2.72. The lowest BCUT2D eigenvalue weighted by molar-refractivity contribution is -0.138. The second-order valence-corrected chi connectivity index (χ2v) is 4.50. The minimum atomic E-state index is -0.243. The van der Waals surface area contributed by atoms with Gasteiger partial charge < -0.3 is 4.74 Å². The van der Waals surface area contributed by atoms with E-state index in [9.17, 15) is 4.79 Å². The monoisotopic (exact) mass is 254 g/mol. The van der Waals surface area contributed by atoms with E-state index < -0.39 is 0 Å². The van der Waals surface area contributed by atoms with Gasteiger partial charge in [-0.15, -0.1) is 0 Å². The molecule has 0 heterocycles. The predicted molar refractivity (Wildman–Crippen MR) is 78.8 cm³/mol. The van der Waals surface area contributed by atoms with Gasteiger partial charge in [0.15, 0.2) is 0 Å². The van der Waals surface area contributed by atoms with Crippen LogP contribution in [0, 0.1) is 0 Å². The third-order valence-corrected chi connectivity index (χ3v) is 3.34. The average Bonchev–Trinajstić information content (AvgIpc) is 2.45. The van der Waals surface area contributed by atoms with Crippen LogP contribution >= 0.6 is 0 Å². The fourth-order valence-electron chi connectivity index (χ4n) is 2.15. The van der Waals surface area contributed by atoms with Gasteiger partial charge in [0.05, 0.1) is 6.61 Å². The molecule has 0 amide bonds. The lowest BCUT2D eigenvalue weighted by Crippen LogP contribution is -2.06. The fourth-order valence-corrected chi connectivity index (χ4v) is 2.15. The van der Waals surface area contributed by atoms with Crippen LogP contribution in [-0.4, -0.2) is 12.6 Å². The molecule has 0 saturated heterocycles. The minimum Gasteiger partial charge on any atom is -0.463 e. The molecule has 0 aliphatic carbocycles. The Morgan fingerprint density at radius 3 is 2.47 bits per heavy atom. The Hall–Kier alpha value is -2.09. The first-order chi connectivity index (χ1) is 9.15. The topological polar surface area (TPSA) is 26.3 Å². The number of esters is 1. The number of rotatable bonds is 3. The summed E-state index contributed by atoms with van der Waals surface area (Å²) in [4.78, 5) is 11.8. The number of fused-ring (bicyclic) bond motifs is 1. The predicted octanol–water partition coefficient (Wildman–Crippen LogP) is 4.20. The van der Waals surface area contributed by atoms with Crippen LogP contribution in [0.1, 0.15) is 26.3 Å². The summed E-state index contributed by atoms with van der Waals surface area (Å²) in [6, 6.07) is 14.3. The van der Waals surface area contributed by atoms with Gasteiger partial charge >= 0.3 is 5.97 Å². The normalized spacial score (nSPS) is 12.2. The molecule has 2 aromatic carbocycles. The van der Waals surface area contributed by atoms with Crippen molar-refractivity contribution in [1.82, 2.24) is 0 Å². The molecule has 2 aromatic rings. The Bertz CT molecular complexity index is 633. The second-order valence-electron chi connectivity index (χ2n) is 4.50. The Balaban J connectivity index is 2.55. The van der Waals surface area contributed by atoms with Gasteiger partial charge in [-0.3, -0.25) is 0 Å². The van der Waals surface area contributed by atoms with Gasteiger partial charge in [0, 0.05) is 5.57 Å². The van der Waals surface area contributed by atoms with Crippen LogP contribution in [0.25, 0.3) is 16.3 Å². The third-order valence-electron chi connectivity index (χ3n) is 3.34. The van der Waals surface area contributed by atoms with E-state index in [4.69, 9.17) is 4.74 Å². The molecule has 0 radical (unpaired) electrons. The summed E-state index contributed by atoms with van der Waals surface area (Å²) in [5.74, 6) is -0.243. The van der Waals surface area contributed by atoms with Crippen molar-refractivity contribution in [3.63, 3.8) is 0 Å². The maximum absolute atomic E-state index is 11.8. The van der Waals surface area contributed by atoms with Gasteiger partial charge in [-0.05, 0) is 42.7 Å². The molecule has 2 rings (SSSR count). The fraction of sp³-hybridized carbons (Fsp3) is 0.235. The van der Waals surface area contributed by atoms with Gasteiger partial charge in [0.1, 0.15) is 0 Å². The van der Waals surface area contributed by atoms with Crippen LogP contribution < -0.4 is 0 Å². The Morgan fingerprint density at radius 2 is 1.74 bits per heavy atom. The lowest BCUT2D eigenvalue weighted by atomic mass is 9.96. The van der Waals surface area contributed by atoms with E-state index in [0.29, 0.717) is 12.2 Å². The highest BCUT2D eigenvalue weighted by atomic mass is 16.5. The van der Waals surface area contributed by atoms with Crippen molar-refractivity contribution in [1.29, 1.82) is 0 Å². The number of hydrogen-bond acceptors (Lipinski definition) is 2. The number of carbonyl (C=O) groups excluding carboxylic acids is 1. The standard InChI is InChI=1S/C17H18O2/c1-4-19-17(18)13(3)12(2)15-11-7-9-14-8-5-6-10-16(14)15/h5-11H,4H2,1-3H3/b13-12-. The van der Waals surface area contributed by atoms with Gasteiger partial charge in [-0.2, -0.15) is 0 Å². The number of benzene rings is 2. The summed E-state index contributed by atoms with van der Waals surface area (Å²) in [7, 11) is 0. The Kier molecular flexibility index (Phi) is 4.00. The summed E-state index contributed by atoms with van der Waals surface area (Å²) >= 11 is 0. The Morgan fingerprint density at radius 1 is 1.05 bits per heavy atom. The molecule has 0 bridgehead atoms. The van der Waals surface area contributed by atoms with E-state index in [1.165, 1.54) is 5.39 Å². The molecule has 2 nitrogen and oxygen atoms in total. The van der Waals surface area contributed by atoms with Crippen LogP contribution in [0.2, 0.25) is 0 Å². The zero-order valence-electron chi connectivity index (χ0n) is 11.6. The first kappa shape index (κ1) is 13.3. The molecule has 0 unspecified atom stereocenters. The zero-order valence-corrected chi connectivity index (χ0v) is 11.6. The van der Waals surface area contributed by atoms with E-state index in [0.717, 1.165) is 16.5 Å². The smallest absolute Gasteiger partial charge is 0.333 e. The molecular weight excluding hydrogens is 236 g/mol. The number of hydrogen-bond donors (Lipinski definition) is 0. The van der Waals surface area contributed by atoms with Gasteiger partial charge in [-0.1, -0.05) is 42.5 Å². The lowest BCUT2D eigenvalue weighted by Gasteiger charge is -2.10. The van der Waals surface area contributed by atoms with Crippen molar-refractivity contribution < 1.29 is 9.53 Å². The third kappa shape index (κ3) is 2.68. The number of carbonyl (C=O) groups is 1. The van der Waals surface area contributed by atoms with Crippen molar-refractivity contribution in [3.05, 3.63) is 53.6 Å². The summed E-state index contributed by atoms with van der Waals surface area (Å²) in [5, 5.41) is 2.34. The van der Waals surface area contributed by atoms with Gasteiger partial charge in [0.25, 0.3) is 0 Å². The van der Waals surface area contributed by atoms with E-state index >= 15 is 0 Å². The maximum Gasteiger partial charge on any atom is 0.333 e. The largest absolute Gasteiger partial charge is 0.463 e. The maximum atomic E-state index is 11.8. The van der Waals surface area contributed by atoms with Gasteiger partial charge in [0.2, 0.25) is 0 Å². The number of allylic oxidation sites excluding steroid dienone is 1. The van der Waals surface area contributed by atoms with Crippen LogP contribution in [0.4, 0.5) is 0 Å². The molecule has 0 aromatic heterocycles. The molecule has 0 aliphatic heterocycles. The number of ether oxygens (including phenoxy) is 1. The highest BCUT2D eigenvalue weighted by Crippen LogP contribution is 2.27. The van der Waals surface area contributed by atoms with Crippen LogP contribution in [0.3, 0.4) is 0 Å². The van der Waals surface area contributed by atoms with Crippen LogP contribution in [-0.2, 0) is 9.53 Å². The molecule has 0 saturated carbocycles. The highest BCUT2D eigenvalue weighted by Gasteiger charge is 2.11. The van der Waals surface area contributed by atoms with Crippen molar-refractivity contribution in [3.8, 4) is 0 Å². The Labute approximate surface area is 113 Å². The molecule has 98 valence electrons. The minimum absolute atomic E-state index is 0.243. The summed E-state index contributed by atoms with van der Waals surface area (Å²) in [6.45, 7) is 6.00. The van der Waals surface area contributed by atoms with Crippen molar-refractivity contribution in [2.24, 2.45) is 0 Å². The van der Waals surface area contributed by atoms with E-state index in [1.807, 2.05) is 45.0 Å². The SMILES string of the molecule is CCOC(=O)/C(C)=C(/C)c1cccc2ccccc12. The summed E-state index contributed by atoms with van der Waals surface area (Å²) in [6.07, 6.45) is 0. The zero-order chi connectivity index (χ0) is 13.8. The van der Waals surface area contributed by atoms with Crippen molar-refractivity contribution in [2.45, 2.75) is 20.8 Å². The summed E-state index contributed by atoms with van der Waals surface area (Å²) < 4.78 is 5.06. The molecular formula is C17H18O2. The quantitative estimate of drug-likeness (QED) is 0.606. The van der Waals surface area contributed by atoms with E-state index in [1.54, 1.807) is 0 Å². The van der Waals surface area contributed by atoms with E-state index in [2.05, 4.69) is 18.2 Å². The molecule has 0 atom stereocenters.